The number of carbonyl (C=O) groups excluding carboxylic acids is 1. The van der Waals surface area contributed by atoms with Gasteiger partial charge in [-0.3, -0.25) is 4.79 Å². The third-order valence-electron chi connectivity index (χ3n) is 4.20. The van der Waals surface area contributed by atoms with E-state index in [1.54, 1.807) is 6.07 Å². The summed E-state index contributed by atoms with van der Waals surface area (Å²) >= 11 is 0. The summed E-state index contributed by atoms with van der Waals surface area (Å²) in [4.78, 5) is 14.7. The highest BCUT2D eigenvalue weighted by atomic mass is 19.1. The second kappa shape index (κ2) is 7.03. The molecule has 1 saturated carbocycles. The van der Waals surface area contributed by atoms with Gasteiger partial charge < -0.3 is 10.6 Å². The van der Waals surface area contributed by atoms with Gasteiger partial charge in [0, 0.05) is 24.2 Å². The Hall–Kier alpha value is -1.42. The molecule has 21 heavy (non-hydrogen) atoms. The number of nitrogens with zero attached hydrogens (tertiary/aromatic N) is 1. The van der Waals surface area contributed by atoms with Gasteiger partial charge in [-0.15, -0.1) is 0 Å². The normalized spacial score (nSPS) is 22.1. The van der Waals surface area contributed by atoms with Gasteiger partial charge in [-0.05, 0) is 62.8 Å². The minimum absolute atomic E-state index is 0.0556. The van der Waals surface area contributed by atoms with Gasteiger partial charge in [-0.2, -0.15) is 0 Å². The Morgan fingerprint density at radius 2 is 1.95 bits per heavy atom. The van der Waals surface area contributed by atoms with Crippen LogP contribution in [0.15, 0.2) is 18.2 Å². The zero-order valence-corrected chi connectivity index (χ0v) is 12.9. The first-order valence-electron chi connectivity index (χ1n) is 7.85. The van der Waals surface area contributed by atoms with Crippen molar-refractivity contribution in [1.82, 2.24) is 4.90 Å². The predicted octanol–water partition coefficient (Wildman–Crippen LogP) is 3.26. The quantitative estimate of drug-likeness (QED) is 0.926. The molecule has 0 heterocycles. The zero-order chi connectivity index (χ0) is 15.4. The van der Waals surface area contributed by atoms with Gasteiger partial charge in [0.15, 0.2) is 0 Å². The van der Waals surface area contributed by atoms with E-state index in [4.69, 9.17) is 5.73 Å². The van der Waals surface area contributed by atoms with Crippen LogP contribution in [0.3, 0.4) is 0 Å². The Bertz CT molecular complexity index is 475. The number of nitrogens with two attached hydrogens (primary N) is 1. The largest absolute Gasteiger partial charge is 0.336 e. The fourth-order valence-corrected chi connectivity index (χ4v) is 3.13. The van der Waals surface area contributed by atoms with Crippen LogP contribution >= 0.6 is 0 Å². The smallest absolute Gasteiger partial charge is 0.254 e. The van der Waals surface area contributed by atoms with Crippen LogP contribution in [-0.2, 0) is 0 Å². The molecule has 1 amide bonds. The first-order chi connectivity index (χ1) is 10.0. The molecular weight excluding hydrogens is 267 g/mol. The van der Waals surface area contributed by atoms with E-state index in [9.17, 15) is 9.18 Å². The van der Waals surface area contributed by atoms with Crippen molar-refractivity contribution in [1.29, 1.82) is 0 Å². The standard InChI is InChI=1S/C17H25FN2O/c1-3-8-20(16-6-4-15(19)5-7-16)17(21)13-9-12(2)10-14(18)11-13/h9-11,15-16H,3-8,19H2,1-2H3. The molecule has 1 aromatic carbocycles. The molecule has 1 aliphatic carbocycles. The molecule has 4 heteroatoms. The molecule has 1 aliphatic rings. The molecule has 0 aromatic heterocycles. The number of rotatable bonds is 4. The number of benzene rings is 1. The summed E-state index contributed by atoms with van der Waals surface area (Å²) in [6.45, 7) is 4.59. The first-order valence-corrected chi connectivity index (χ1v) is 7.85. The molecule has 0 bridgehead atoms. The van der Waals surface area contributed by atoms with Crippen molar-refractivity contribution in [3.05, 3.63) is 35.1 Å². The van der Waals surface area contributed by atoms with E-state index >= 15 is 0 Å². The minimum Gasteiger partial charge on any atom is -0.336 e. The average Bonchev–Trinajstić information content (AvgIpc) is 2.44. The minimum atomic E-state index is -0.347. The molecule has 2 N–H and O–H groups in total. The van der Waals surface area contributed by atoms with Crippen molar-refractivity contribution < 1.29 is 9.18 Å². The molecular formula is C17H25FN2O. The SMILES string of the molecule is CCCN(C(=O)c1cc(C)cc(F)c1)C1CCC(N)CC1. The molecule has 116 valence electrons. The molecule has 0 atom stereocenters. The molecule has 1 aromatic rings. The van der Waals surface area contributed by atoms with E-state index in [1.807, 2.05) is 11.8 Å². The number of halogens is 1. The third-order valence-corrected chi connectivity index (χ3v) is 4.20. The highest BCUT2D eigenvalue weighted by molar-refractivity contribution is 5.94. The molecule has 0 aliphatic heterocycles. The van der Waals surface area contributed by atoms with Gasteiger partial charge >= 0.3 is 0 Å². The van der Waals surface area contributed by atoms with Crippen LogP contribution in [0.2, 0.25) is 0 Å². The van der Waals surface area contributed by atoms with Crippen molar-refractivity contribution in [2.75, 3.05) is 6.54 Å². The summed E-state index contributed by atoms with van der Waals surface area (Å²) in [7, 11) is 0. The summed E-state index contributed by atoms with van der Waals surface area (Å²) in [6, 6.07) is 5.05. The van der Waals surface area contributed by atoms with Crippen LogP contribution < -0.4 is 5.73 Å². The lowest BCUT2D eigenvalue weighted by atomic mass is 9.90. The van der Waals surface area contributed by atoms with Crippen LogP contribution in [0.4, 0.5) is 4.39 Å². The van der Waals surface area contributed by atoms with Gasteiger partial charge in [0.25, 0.3) is 5.91 Å². The van der Waals surface area contributed by atoms with Crippen molar-refractivity contribution in [2.45, 2.75) is 58.0 Å². The lowest BCUT2D eigenvalue weighted by molar-refractivity contribution is 0.0626. The van der Waals surface area contributed by atoms with Crippen molar-refractivity contribution in [3.8, 4) is 0 Å². The van der Waals surface area contributed by atoms with Crippen LogP contribution in [0.25, 0.3) is 0 Å². The first kappa shape index (κ1) is 16.0. The van der Waals surface area contributed by atoms with E-state index in [0.717, 1.165) is 37.7 Å². The lowest BCUT2D eigenvalue weighted by Gasteiger charge is -2.36. The van der Waals surface area contributed by atoms with Gasteiger partial charge in [0.2, 0.25) is 0 Å². The molecule has 1 fully saturated rings. The highest BCUT2D eigenvalue weighted by Gasteiger charge is 2.28. The molecule has 3 nitrogen and oxygen atoms in total. The summed E-state index contributed by atoms with van der Waals surface area (Å²) in [6.07, 6.45) is 4.71. The summed E-state index contributed by atoms with van der Waals surface area (Å²) in [5, 5.41) is 0. The van der Waals surface area contributed by atoms with Crippen LogP contribution in [0.5, 0.6) is 0 Å². The lowest BCUT2D eigenvalue weighted by Crippen LogP contribution is -2.44. The second-order valence-electron chi connectivity index (χ2n) is 6.08. The predicted molar refractivity (Wildman–Crippen MR) is 82.7 cm³/mol. The van der Waals surface area contributed by atoms with E-state index in [1.165, 1.54) is 12.1 Å². The van der Waals surface area contributed by atoms with E-state index in [-0.39, 0.29) is 23.8 Å². The van der Waals surface area contributed by atoms with E-state index < -0.39 is 0 Å². The second-order valence-corrected chi connectivity index (χ2v) is 6.08. The van der Waals surface area contributed by atoms with E-state index in [0.29, 0.717) is 12.1 Å². The maximum absolute atomic E-state index is 13.5. The number of amides is 1. The van der Waals surface area contributed by atoms with Crippen molar-refractivity contribution in [3.63, 3.8) is 0 Å². The van der Waals surface area contributed by atoms with Gasteiger partial charge in [0.05, 0.1) is 0 Å². The average molecular weight is 292 g/mol. The highest BCUT2D eigenvalue weighted by Crippen LogP contribution is 2.24. The Balaban J connectivity index is 2.18. The van der Waals surface area contributed by atoms with Crippen LogP contribution in [0, 0.1) is 12.7 Å². The van der Waals surface area contributed by atoms with Crippen LogP contribution in [0.1, 0.15) is 54.9 Å². The monoisotopic (exact) mass is 292 g/mol. The maximum atomic E-state index is 13.5. The number of hydrogen-bond acceptors (Lipinski definition) is 2. The maximum Gasteiger partial charge on any atom is 0.254 e. The fraction of sp³-hybridized carbons (Fsp3) is 0.588. The Labute approximate surface area is 126 Å². The summed E-state index contributed by atoms with van der Waals surface area (Å²) in [5.41, 5.74) is 7.18. The number of hydrogen-bond donors (Lipinski definition) is 1. The van der Waals surface area contributed by atoms with Gasteiger partial charge in [0.1, 0.15) is 5.82 Å². The summed E-state index contributed by atoms with van der Waals surface area (Å²) < 4.78 is 13.5. The molecule has 0 unspecified atom stereocenters. The summed E-state index contributed by atoms with van der Waals surface area (Å²) in [5.74, 6) is -0.402. The van der Waals surface area contributed by atoms with Gasteiger partial charge in [-0.1, -0.05) is 6.92 Å². The van der Waals surface area contributed by atoms with E-state index in [2.05, 4.69) is 6.92 Å². The molecule has 0 spiro atoms. The Kier molecular flexibility index (Phi) is 5.34. The van der Waals surface area contributed by atoms with Crippen molar-refractivity contribution >= 4 is 5.91 Å². The zero-order valence-electron chi connectivity index (χ0n) is 12.9. The number of aryl methyl sites for hydroxylation is 1. The Morgan fingerprint density at radius 3 is 2.52 bits per heavy atom. The number of carbonyl (C=O) groups is 1. The Morgan fingerprint density at radius 1 is 1.29 bits per heavy atom. The van der Waals surface area contributed by atoms with Gasteiger partial charge in [-0.25, -0.2) is 4.39 Å². The topological polar surface area (TPSA) is 46.3 Å². The molecule has 0 radical (unpaired) electrons. The fourth-order valence-electron chi connectivity index (χ4n) is 3.13. The molecule has 0 saturated heterocycles. The molecule has 2 rings (SSSR count). The van der Waals surface area contributed by atoms with Crippen molar-refractivity contribution in [2.24, 2.45) is 5.73 Å². The van der Waals surface area contributed by atoms with Crippen LogP contribution in [-0.4, -0.2) is 29.4 Å². The third kappa shape index (κ3) is 4.03.